The van der Waals surface area contributed by atoms with Gasteiger partial charge in [0.2, 0.25) is 0 Å². The van der Waals surface area contributed by atoms with E-state index in [-0.39, 0.29) is 0 Å². The second-order valence-electron chi connectivity index (χ2n) is 5.84. The van der Waals surface area contributed by atoms with Gasteiger partial charge in [0, 0.05) is 13.2 Å². The normalized spacial score (nSPS) is 29.2. The van der Waals surface area contributed by atoms with Crippen molar-refractivity contribution in [3.05, 3.63) is 0 Å². The van der Waals surface area contributed by atoms with Gasteiger partial charge in [-0.1, -0.05) is 20.3 Å². The van der Waals surface area contributed by atoms with E-state index in [1.54, 1.807) is 0 Å². The van der Waals surface area contributed by atoms with Gasteiger partial charge >= 0.3 is 0 Å². The molecule has 1 atom stereocenters. The van der Waals surface area contributed by atoms with Crippen molar-refractivity contribution in [3.8, 4) is 0 Å². The average Bonchev–Trinajstić information content (AvgIpc) is 2.30. The smallest absolute Gasteiger partial charge is 0.0471 e. The van der Waals surface area contributed by atoms with E-state index in [0.29, 0.717) is 5.41 Å². The van der Waals surface area contributed by atoms with Crippen LogP contribution >= 0.6 is 0 Å². The van der Waals surface area contributed by atoms with E-state index in [1.807, 2.05) is 0 Å². The summed E-state index contributed by atoms with van der Waals surface area (Å²) in [5, 5.41) is 0. The molecule has 2 rings (SSSR count). The van der Waals surface area contributed by atoms with E-state index in [9.17, 15) is 0 Å². The molecule has 1 saturated heterocycles. The van der Waals surface area contributed by atoms with Gasteiger partial charge in [-0.2, -0.15) is 0 Å². The van der Waals surface area contributed by atoms with Gasteiger partial charge in [0.1, 0.15) is 0 Å². The predicted molar refractivity (Wildman–Crippen MR) is 63.9 cm³/mol. The molecule has 1 aliphatic carbocycles. The molecule has 1 spiro atoms. The maximum Gasteiger partial charge on any atom is 0.0471 e. The first kappa shape index (κ1) is 11.4. The van der Waals surface area contributed by atoms with Crippen molar-refractivity contribution in [3.63, 3.8) is 0 Å². The number of hydrogen-bond donors (Lipinski definition) is 0. The summed E-state index contributed by atoms with van der Waals surface area (Å²) in [5.74, 6) is 1.96. The van der Waals surface area contributed by atoms with Crippen LogP contribution in [-0.4, -0.2) is 13.2 Å². The Balaban J connectivity index is 1.85. The average molecular weight is 210 g/mol. The molecule has 1 unspecified atom stereocenters. The second kappa shape index (κ2) is 4.86. The zero-order chi connectivity index (χ0) is 10.7. The summed E-state index contributed by atoms with van der Waals surface area (Å²) >= 11 is 0. The summed E-state index contributed by atoms with van der Waals surface area (Å²) in [6.07, 6.45) is 9.95. The summed E-state index contributed by atoms with van der Waals surface area (Å²) in [4.78, 5) is 0. The minimum atomic E-state index is 0.697. The molecule has 1 heterocycles. The molecule has 1 saturated carbocycles. The number of hydrogen-bond acceptors (Lipinski definition) is 1. The number of rotatable bonds is 2. The van der Waals surface area contributed by atoms with Crippen molar-refractivity contribution in [2.75, 3.05) is 13.2 Å². The highest BCUT2D eigenvalue weighted by Gasteiger charge is 2.37. The Bertz CT molecular complexity index is 184. The van der Waals surface area contributed by atoms with Crippen LogP contribution in [0.3, 0.4) is 0 Å². The van der Waals surface area contributed by atoms with Crippen LogP contribution in [0.15, 0.2) is 0 Å². The van der Waals surface area contributed by atoms with Crippen molar-refractivity contribution in [1.29, 1.82) is 0 Å². The highest BCUT2D eigenvalue weighted by atomic mass is 16.5. The van der Waals surface area contributed by atoms with Crippen molar-refractivity contribution >= 4 is 0 Å². The molecule has 0 radical (unpaired) electrons. The van der Waals surface area contributed by atoms with Crippen LogP contribution in [0.1, 0.15) is 58.8 Å². The molecule has 1 heteroatoms. The van der Waals surface area contributed by atoms with Crippen LogP contribution in [-0.2, 0) is 4.74 Å². The van der Waals surface area contributed by atoms with Gasteiger partial charge in [0.25, 0.3) is 0 Å². The molecule has 0 aromatic rings. The molecular weight excluding hydrogens is 184 g/mol. The fourth-order valence-electron chi connectivity index (χ4n) is 3.46. The lowest BCUT2D eigenvalue weighted by Gasteiger charge is -2.44. The third-order valence-electron chi connectivity index (χ3n) is 5.09. The Kier molecular flexibility index (Phi) is 3.71. The molecule has 1 aliphatic heterocycles. The highest BCUT2D eigenvalue weighted by molar-refractivity contribution is 4.88. The molecule has 0 aromatic heterocycles. The van der Waals surface area contributed by atoms with Crippen LogP contribution < -0.4 is 0 Å². The van der Waals surface area contributed by atoms with Gasteiger partial charge in [-0.05, 0) is 55.8 Å². The number of ether oxygens (including phenoxy) is 1. The third-order valence-corrected chi connectivity index (χ3v) is 5.09. The fraction of sp³-hybridized carbons (Fsp3) is 1.00. The van der Waals surface area contributed by atoms with Crippen LogP contribution in [0.25, 0.3) is 0 Å². The molecule has 2 fully saturated rings. The summed E-state index contributed by atoms with van der Waals surface area (Å²) in [5.41, 5.74) is 0.697. The molecule has 0 N–H and O–H groups in total. The summed E-state index contributed by atoms with van der Waals surface area (Å²) in [6, 6.07) is 0. The van der Waals surface area contributed by atoms with Crippen molar-refractivity contribution in [2.24, 2.45) is 17.3 Å². The van der Waals surface area contributed by atoms with Gasteiger partial charge in [-0.3, -0.25) is 0 Å². The quantitative estimate of drug-likeness (QED) is 0.669. The first-order valence-electron chi connectivity index (χ1n) is 6.83. The minimum Gasteiger partial charge on any atom is -0.381 e. The van der Waals surface area contributed by atoms with E-state index in [4.69, 9.17) is 4.74 Å². The van der Waals surface area contributed by atoms with Crippen LogP contribution in [0.5, 0.6) is 0 Å². The molecule has 1 nitrogen and oxygen atoms in total. The molecule has 0 aromatic carbocycles. The fourth-order valence-corrected chi connectivity index (χ4v) is 3.46. The molecule has 15 heavy (non-hydrogen) atoms. The Hall–Kier alpha value is -0.0400. The van der Waals surface area contributed by atoms with Gasteiger partial charge in [-0.15, -0.1) is 0 Å². The first-order valence-corrected chi connectivity index (χ1v) is 6.83. The maximum absolute atomic E-state index is 5.49. The minimum absolute atomic E-state index is 0.697. The summed E-state index contributed by atoms with van der Waals surface area (Å²) in [7, 11) is 0. The largest absolute Gasteiger partial charge is 0.381 e. The van der Waals surface area contributed by atoms with Crippen LogP contribution in [0.2, 0.25) is 0 Å². The molecule has 0 amide bonds. The lowest BCUT2D eigenvalue weighted by Crippen LogP contribution is -2.34. The van der Waals surface area contributed by atoms with E-state index in [2.05, 4.69) is 13.8 Å². The van der Waals surface area contributed by atoms with E-state index in [1.165, 1.54) is 44.9 Å². The third kappa shape index (κ3) is 2.55. The van der Waals surface area contributed by atoms with Crippen LogP contribution in [0, 0.1) is 17.3 Å². The SMILES string of the molecule is CCC(C)C1CCC2(CCOCC2)CC1. The monoisotopic (exact) mass is 210 g/mol. The van der Waals surface area contributed by atoms with Crippen molar-refractivity contribution < 1.29 is 4.74 Å². The zero-order valence-electron chi connectivity index (χ0n) is 10.4. The first-order chi connectivity index (χ1) is 7.26. The Labute approximate surface area is 94.6 Å². The standard InChI is InChI=1S/C14H26O/c1-3-12(2)13-4-6-14(7-5-13)8-10-15-11-9-14/h12-13H,3-11H2,1-2H3. The Morgan fingerprint density at radius 1 is 1.13 bits per heavy atom. The second-order valence-corrected chi connectivity index (χ2v) is 5.84. The predicted octanol–water partition coefficient (Wildman–Crippen LogP) is 4.02. The van der Waals surface area contributed by atoms with Gasteiger partial charge < -0.3 is 4.74 Å². The van der Waals surface area contributed by atoms with Crippen LogP contribution in [0.4, 0.5) is 0 Å². The van der Waals surface area contributed by atoms with E-state index >= 15 is 0 Å². The van der Waals surface area contributed by atoms with Crippen molar-refractivity contribution in [2.45, 2.75) is 58.8 Å². The summed E-state index contributed by atoms with van der Waals surface area (Å²) in [6.45, 7) is 6.82. The van der Waals surface area contributed by atoms with Gasteiger partial charge in [0.05, 0.1) is 0 Å². The maximum atomic E-state index is 5.49. The molecule has 0 bridgehead atoms. The van der Waals surface area contributed by atoms with Gasteiger partial charge in [0.15, 0.2) is 0 Å². The molecular formula is C14H26O. The highest BCUT2D eigenvalue weighted by Crippen LogP contribution is 2.47. The Morgan fingerprint density at radius 3 is 2.27 bits per heavy atom. The zero-order valence-corrected chi connectivity index (χ0v) is 10.4. The van der Waals surface area contributed by atoms with Crippen molar-refractivity contribution in [1.82, 2.24) is 0 Å². The molecule has 88 valence electrons. The lowest BCUT2D eigenvalue weighted by atomic mass is 9.64. The topological polar surface area (TPSA) is 9.23 Å². The van der Waals surface area contributed by atoms with Gasteiger partial charge in [-0.25, -0.2) is 0 Å². The van der Waals surface area contributed by atoms with E-state index < -0.39 is 0 Å². The van der Waals surface area contributed by atoms with E-state index in [0.717, 1.165) is 25.0 Å². The lowest BCUT2D eigenvalue weighted by molar-refractivity contribution is -0.0173. The Morgan fingerprint density at radius 2 is 1.73 bits per heavy atom. The molecule has 2 aliphatic rings. The summed E-state index contributed by atoms with van der Waals surface area (Å²) < 4.78 is 5.49.